The molecule has 6 heteroatoms. The fourth-order valence-corrected chi connectivity index (χ4v) is 5.90. The summed E-state index contributed by atoms with van der Waals surface area (Å²) < 4.78 is 5.26. The predicted molar refractivity (Wildman–Crippen MR) is 146 cm³/mol. The highest BCUT2D eigenvalue weighted by Crippen LogP contribution is 2.38. The van der Waals surface area contributed by atoms with Gasteiger partial charge in [-0.3, -0.25) is 9.69 Å². The van der Waals surface area contributed by atoms with Crippen LogP contribution in [0.15, 0.2) is 72.8 Å². The van der Waals surface area contributed by atoms with Crippen LogP contribution in [0.4, 0.5) is 4.79 Å². The average molecular weight is 500 g/mol. The van der Waals surface area contributed by atoms with E-state index < -0.39 is 5.54 Å². The molecule has 0 saturated carbocycles. The van der Waals surface area contributed by atoms with Gasteiger partial charge in [-0.1, -0.05) is 66.7 Å². The third-order valence-corrected chi connectivity index (χ3v) is 7.97. The van der Waals surface area contributed by atoms with Crippen LogP contribution >= 0.6 is 0 Å². The smallest absolute Gasteiger partial charge is 0.327 e. The highest BCUT2D eigenvalue weighted by molar-refractivity contribution is 6.07. The van der Waals surface area contributed by atoms with E-state index in [4.69, 9.17) is 4.74 Å². The van der Waals surface area contributed by atoms with Gasteiger partial charge in [-0.15, -0.1) is 0 Å². The molecular formula is C31H37N3O3. The summed E-state index contributed by atoms with van der Waals surface area (Å²) in [6, 6.07) is 24.8. The number of ether oxygens (including phenoxy) is 1. The number of aryl methyl sites for hydroxylation is 1. The van der Waals surface area contributed by atoms with Crippen molar-refractivity contribution in [3.63, 3.8) is 0 Å². The van der Waals surface area contributed by atoms with E-state index in [0.717, 1.165) is 55.2 Å². The molecule has 3 amide bonds. The minimum Gasteiger partial charge on any atom is -0.385 e. The molecule has 0 aliphatic carbocycles. The van der Waals surface area contributed by atoms with Crippen LogP contribution in [0.2, 0.25) is 0 Å². The number of methoxy groups -OCH3 is 1. The van der Waals surface area contributed by atoms with Gasteiger partial charge >= 0.3 is 6.03 Å². The number of amides is 3. The Labute approximate surface area is 219 Å². The quantitative estimate of drug-likeness (QED) is 0.287. The van der Waals surface area contributed by atoms with Crippen LogP contribution in [-0.4, -0.2) is 72.1 Å². The molecule has 0 unspecified atom stereocenters. The highest BCUT2D eigenvalue weighted by atomic mass is 16.5. The van der Waals surface area contributed by atoms with Crippen LogP contribution in [-0.2, 0) is 22.5 Å². The van der Waals surface area contributed by atoms with Gasteiger partial charge in [0, 0.05) is 33.4 Å². The Morgan fingerprint density at radius 1 is 0.811 bits per heavy atom. The Kier molecular flexibility index (Phi) is 7.87. The van der Waals surface area contributed by atoms with Gasteiger partial charge in [0.25, 0.3) is 5.91 Å². The summed E-state index contributed by atoms with van der Waals surface area (Å²) >= 11 is 0. The number of carbonyl (C=O) groups excluding carboxylic acids is 2. The lowest BCUT2D eigenvalue weighted by Gasteiger charge is -2.42. The van der Waals surface area contributed by atoms with E-state index in [1.54, 1.807) is 7.11 Å². The molecule has 0 bridgehead atoms. The molecule has 2 saturated heterocycles. The molecule has 2 aliphatic rings. The lowest BCUT2D eigenvalue weighted by molar-refractivity contribution is -0.136. The summed E-state index contributed by atoms with van der Waals surface area (Å²) in [7, 11) is 1.67. The number of hydrogen-bond donors (Lipinski definition) is 0. The van der Waals surface area contributed by atoms with Gasteiger partial charge < -0.3 is 14.5 Å². The standard InChI is InChI=1S/C31H37N3O3/c1-37-22-8-19-34-30(36)33(24-26-14-15-27-12-5-6-13-28(27)23-26)29(35)31(34)16-20-32(21-17-31)18-7-11-25-9-3-2-4-10-25/h2-6,9-10,12-15,23H,7-8,11,16-22,24H2,1H3. The SMILES string of the molecule is COCCCN1C(=O)N(Cc2ccc3ccccc3c2)C(=O)C12CCN(CCCc1ccccc1)CC2. The first-order chi connectivity index (χ1) is 18.1. The van der Waals surface area contributed by atoms with E-state index in [1.807, 2.05) is 23.1 Å². The molecule has 2 aliphatic heterocycles. The van der Waals surface area contributed by atoms with Crippen molar-refractivity contribution in [3.8, 4) is 0 Å². The highest BCUT2D eigenvalue weighted by Gasteiger charge is 2.57. The summed E-state index contributed by atoms with van der Waals surface area (Å²) in [5, 5.41) is 2.28. The molecule has 37 heavy (non-hydrogen) atoms. The van der Waals surface area contributed by atoms with Crippen molar-refractivity contribution < 1.29 is 14.3 Å². The molecule has 3 aromatic carbocycles. The molecule has 3 aromatic rings. The minimum absolute atomic E-state index is 0.0352. The first kappa shape index (κ1) is 25.4. The third kappa shape index (κ3) is 5.41. The lowest BCUT2D eigenvalue weighted by atomic mass is 9.85. The second kappa shape index (κ2) is 11.4. The first-order valence-corrected chi connectivity index (χ1v) is 13.5. The Morgan fingerprint density at radius 2 is 1.54 bits per heavy atom. The van der Waals surface area contributed by atoms with Gasteiger partial charge in [0.05, 0.1) is 6.54 Å². The Hall–Kier alpha value is -3.22. The topological polar surface area (TPSA) is 53.1 Å². The monoisotopic (exact) mass is 499 g/mol. The lowest BCUT2D eigenvalue weighted by Crippen LogP contribution is -2.56. The van der Waals surface area contributed by atoms with Gasteiger partial charge in [-0.2, -0.15) is 0 Å². The number of urea groups is 1. The van der Waals surface area contributed by atoms with E-state index in [-0.39, 0.29) is 11.9 Å². The molecule has 0 N–H and O–H groups in total. The third-order valence-electron chi connectivity index (χ3n) is 7.97. The van der Waals surface area contributed by atoms with Crippen LogP contribution in [0.1, 0.15) is 36.8 Å². The summed E-state index contributed by atoms with van der Waals surface area (Å²) in [5.74, 6) is -0.0352. The number of imide groups is 1. The molecule has 194 valence electrons. The van der Waals surface area contributed by atoms with Crippen LogP contribution in [0.3, 0.4) is 0 Å². The molecule has 2 heterocycles. The molecule has 1 spiro atoms. The number of carbonyl (C=O) groups is 2. The van der Waals surface area contributed by atoms with Crippen LogP contribution < -0.4 is 0 Å². The van der Waals surface area contributed by atoms with Crippen molar-refractivity contribution in [2.45, 2.75) is 44.2 Å². The first-order valence-electron chi connectivity index (χ1n) is 13.5. The molecule has 5 rings (SSSR count). The summed E-state index contributed by atoms with van der Waals surface area (Å²) in [6.45, 7) is 4.10. The fourth-order valence-electron chi connectivity index (χ4n) is 5.90. The van der Waals surface area contributed by atoms with Gasteiger partial charge in [0.15, 0.2) is 0 Å². The second-order valence-corrected chi connectivity index (χ2v) is 10.3. The van der Waals surface area contributed by atoms with Gasteiger partial charge in [-0.25, -0.2) is 4.79 Å². The van der Waals surface area contributed by atoms with Crippen LogP contribution in [0, 0.1) is 0 Å². The zero-order valence-corrected chi connectivity index (χ0v) is 21.8. The molecule has 6 nitrogen and oxygen atoms in total. The Morgan fingerprint density at radius 3 is 2.30 bits per heavy atom. The van der Waals surface area contributed by atoms with E-state index in [2.05, 4.69) is 59.5 Å². The number of piperidine rings is 1. The number of fused-ring (bicyclic) bond motifs is 1. The normalized spacial score (nSPS) is 17.9. The maximum Gasteiger partial charge on any atom is 0.327 e. The van der Waals surface area contributed by atoms with Crippen molar-refractivity contribution in [1.29, 1.82) is 0 Å². The van der Waals surface area contributed by atoms with Crippen molar-refractivity contribution in [1.82, 2.24) is 14.7 Å². The summed E-state index contributed by atoms with van der Waals surface area (Å²) in [5.41, 5.74) is 1.60. The van der Waals surface area contributed by atoms with Gasteiger partial charge in [0.1, 0.15) is 5.54 Å². The Bertz CT molecular complexity index is 1220. The molecule has 0 radical (unpaired) electrons. The zero-order valence-electron chi connectivity index (χ0n) is 21.8. The van der Waals surface area contributed by atoms with Crippen molar-refractivity contribution in [3.05, 3.63) is 83.9 Å². The molecule has 0 atom stereocenters. The maximum atomic E-state index is 13.9. The minimum atomic E-state index is -0.738. The van der Waals surface area contributed by atoms with Crippen LogP contribution in [0.25, 0.3) is 10.8 Å². The van der Waals surface area contributed by atoms with Crippen molar-refractivity contribution in [2.75, 3.05) is 39.9 Å². The van der Waals surface area contributed by atoms with Crippen molar-refractivity contribution in [2.24, 2.45) is 0 Å². The van der Waals surface area contributed by atoms with Gasteiger partial charge in [0.2, 0.25) is 0 Å². The van der Waals surface area contributed by atoms with E-state index in [1.165, 1.54) is 10.5 Å². The number of likely N-dealkylation sites (tertiary alicyclic amines) is 1. The summed E-state index contributed by atoms with van der Waals surface area (Å²) in [4.78, 5) is 33.4. The fraction of sp³-hybridized carbons (Fsp3) is 0.419. The number of benzene rings is 3. The Balaban J connectivity index is 1.27. The number of nitrogens with zero attached hydrogens (tertiary/aromatic N) is 3. The van der Waals surface area contributed by atoms with E-state index in [0.29, 0.717) is 32.5 Å². The number of rotatable bonds is 10. The zero-order chi connectivity index (χ0) is 25.7. The average Bonchev–Trinajstić information content (AvgIpc) is 3.11. The van der Waals surface area contributed by atoms with Gasteiger partial charge in [-0.05, 0) is 66.6 Å². The predicted octanol–water partition coefficient (Wildman–Crippen LogP) is 5.11. The second-order valence-electron chi connectivity index (χ2n) is 10.3. The van der Waals surface area contributed by atoms with E-state index >= 15 is 0 Å². The molecule has 2 fully saturated rings. The summed E-state index contributed by atoms with van der Waals surface area (Å²) in [6.07, 6.45) is 4.24. The maximum absolute atomic E-state index is 13.9. The van der Waals surface area contributed by atoms with E-state index in [9.17, 15) is 9.59 Å². The molecular weight excluding hydrogens is 462 g/mol. The van der Waals surface area contributed by atoms with Crippen LogP contribution in [0.5, 0.6) is 0 Å². The number of hydrogen-bond acceptors (Lipinski definition) is 4. The largest absolute Gasteiger partial charge is 0.385 e. The van der Waals surface area contributed by atoms with Crippen molar-refractivity contribution >= 4 is 22.7 Å². The molecule has 0 aromatic heterocycles.